The van der Waals surface area contributed by atoms with Crippen LogP contribution in [0, 0.1) is 5.82 Å². The molecule has 6 heteroatoms. The molecule has 20 heavy (non-hydrogen) atoms. The van der Waals surface area contributed by atoms with Gasteiger partial charge in [0.2, 0.25) is 0 Å². The summed E-state index contributed by atoms with van der Waals surface area (Å²) in [5, 5.41) is 20.7. The van der Waals surface area contributed by atoms with E-state index in [9.17, 15) is 9.50 Å². The molecule has 108 valence electrons. The summed E-state index contributed by atoms with van der Waals surface area (Å²) in [6, 6.07) is 7.86. The van der Waals surface area contributed by atoms with Gasteiger partial charge in [-0.2, -0.15) is 0 Å². The summed E-state index contributed by atoms with van der Waals surface area (Å²) in [6.45, 7) is -0.0533. The first-order chi connectivity index (χ1) is 9.69. The van der Waals surface area contributed by atoms with Crippen LogP contribution in [-0.2, 0) is 6.61 Å². The molecule has 0 amide bonds. The number of halogens is 1. The molecule has 0 radical (unpaired) electrons. The number of aliphatic hydroxyl groups excluding tert-OH is 2. The van der Waals surface area contributed by atoms with Crippen LogP contribution >= 0.6 is 0 Å². The zero-order valence-electron chi connectivity index (χ0n) is 10.8. The summed E-state index contributed by atoms with van der Waals surface area (Å²) in [6.07, 6.45) is 0.641. The summed E-state index contributed by atoms with van der Waals surface area (Å²) in [5.41, 5.74) is 0.500. The van der Waals surface area contributed by atoms with Crippen molar-refractivity contribution in [3.63, 3.8) is 0 Å². The quantitative estimate of drug-likeness (QED) is 0.721. The Bertz CT molecular complexity index is 530. The second kappa shape index (κ2) is 6.93. The zero-order chi connectivity index (χ0) is 14.4. The van der Waals surface area contributed by atoms with Crippen molar-refractivity contribution in [2.75, 3.05) is 18.5 Å². The lowest BCUT2D eigenvalue weighted by Gasteiger charge is -2.11. The van der Waals surface area contributed by atoms with Gasteiger partial charge in [0.1, 0.15) is 12.4 Å². The van der Waals surface area contributed by atoms with E-state index in [1.165, 1.54) is 18.4 Å². The Hall–Kier alpha value is -2.05. The summed E-state index contributed by atoms with van der Waals surface area (Å²) in [7, 11) is 0. The molecule has 3 N–H and O–H groups in total. The van der Waals surface area contributed by atoms with Crippen LogP contribution < -0.4 is 10.1 Å². The van der Waals surface area contributed by atoms with Gasteiger partial charge in [-0.3, -0.25) is 0 Å². The van der Waals surface area contributed by atoms with E-state index in [1.54, 1.807) is 18.2 Å². The van der Waals surface area contributed by atoms with E-state index in [-0.39, 0.29) is 25.5 Å². The predicted molar refractivity (Wildman–Crippen MR) is 71.0 cm³/mol. The highest BCUT2D eigenvalue weighted by Crippen LogP contribution is 2.22. The van der Waals surface area contributed by atoms with Gasteiger partial charge in [0.15, 0.2) is 11.6 Å². The Balaban J connectivity index is 1.91. The van der Waals surface area contributed by atoms with Gasteiger partial charge in [0.25, 0.3) is 0 Å². The molecule has 0 saturated heterocycles. The molecule has 0 saturated carbocycles. The van der Waals surface area contributed by atoms with Crippen molar-refractivity contribution in [1.82, 2.24) is 0 Å². The van der Waals surface area contributed by atoms with Crippen LogP contribution in [0.1, 0.15) is 5.76 Å². The maximum Gasteiger partial charge on any atom is 0.167 e. The summed E-state index contributed by atoms with van der Waals surface area (Å²) >= 11 is 0. The van der Waals surface area contributed by atoms with Gasteiger partial charge in [-0.05, 0) is 24.3 Å². The average molecular weight is 281 g/mol. The van der Waals surface area contributed by atoms with Gasteiger partial charge in [-0.1, -0.05) is 0 Å². The van der Waals surface area contributed by atoms with Gasteiger partial charge in [-0.25, -0.2) is 4.39 Å². The third-order valence-electron chi connectivity index (χ3n) is 2.63. The fourth-order valence-corrected chi connectivity index (χ4v) is 1.57. The molecule has 1 aromatic carbocycles. The van der Waals surface area contributed by atoms with E-state index >= 15 is 0 Å². The lowest BCUT2D eigenvalue weighted by atomic mass is 10.2. The predicted octanol–water partition coefficient (Wildman–Crippen LogP) is 1.76. The van der Waals surface area contributed by atoms with Gasteiger partial charge in [0, 0.05) is 18.3 Å². The van der Waals surface area contributed by atoms with E-state index in [1.807, 2.05) is 0 Å². The minimum Gasteiger partial charge on any atom is -0.483 e. The van der Waals surface area contributed by atoms with Crippen LogP contribution in [0.4, 0.5) is 10.1 Å². The molecule has 0 spiro atoms. The van der Waals surface area contributed by atoms with Gasteiger partial charge >= 0.3 is 0 Å². The van der Waals surface area contributed by atoms with Crippen molar-refractivity contribution >= 4 is 5.69 Å². The monoisotopic (exact) mass is 281 g/mol. The number of hydrogen-bond acceptors (Lipinski definition) is 5. The first-order valence-corrected chi connectivity index (χ1v) is 6.16. The molecule has 0 fully saturated rings. The zero-order valence-corrected chi connectivity index (χ0v) is 10.8. The Morgan fingerprint density at radius 3 is 2.85 bits per heavy atom. The highest BCUT2D eigenvalue weighted by molar-refractivity contribution is 5.47. The Labute approximate surface area is 115 Å². The third-order valence-corrected chi connectivity index (χ3v) is 2.63. The normalized spacial score (nSPS) is 12.2. The summed E-state index contributed by atoms with van der Waals surface area (Å²) in [5.74, 6) is 0.215. The van der Waals surface area contributed by atoms with Crippen LogP contribution in [0.3, 0.4) is 0 Å². The highest BCUT2D eigenvalue weighted by Gasteiger charge is 2.07. The minimum absolute atomic E-state index is 0.120. The molecule has 0 bridgehead atoms. The first-order valence-electron chi connectivity index (χ1n) is 6.16. The number of furan rings is 1. The van der Waals surface area contributed by atoms with E-state index in [2.05, 4.69) is 5.32 Å². The van der Waals surface area contributed by atoms with Gasteiger partial charge in [-0.15, -0.1) is 0 Å². The Morgan fingerprint density at radius 2 is 2.20 bits per heavy atom. The second-order valence-electron chi connectivity index (χ2n) is 4.23. The van der Waals surface area contributed by atoms with E-state index in [0.29, 0.717) is 11.4 Å². The van der Waals surface area contributed by atoms with Crippen LogP contribution in [0.2, 0.25) is 0 Å². The van der Waals surface area contributed by atoms with Crippen molar-refractivity contribution in [1.29, 1.82) is 0 Å². The lowest BCUT2D eigenvalue weighted by Crippen LogP contribution is -2.22. The molecule has 1 heterocycles. The molecular formula is C14H16FNO4. The molecule has 2 aromatic rings. The molecule has 0 aliphatic heterocycles. The standard InChI is InChI=1S/C14H16FNO4/c15-13-6-10(16-7-11(18)8-17)3-4-14(13)20-9-12-2-1-5-19-12/h1-6,11,16-18H,7-9H2. The lowest BCUT2D eigenvalue weighted by molar-refractivity contribution is 0.105. The number of hydrogen-bond donors (Lipinski definition) is 3. The maximum atomic E-state index is 13.8. The molecule has 0 aliphatic rings. The molecule has 5 nitrogen and oxygen atoms in total. The van der Waals surface area contributed by atoms with Crippen LogP contribution in [0.15, 0.2) is 41.0 Å². The van der Waals surface area contributed by atoms with Crippen molar-refractivity contribution < 1.29 is 23.8 Å². The van der Waals surface area contributed by atoms with Crippen molar-refractivity contribution in [2.24, 2.45) is 0 Å². The molecule has 0 aliphatic carbocycles. The Kier molecular flexibility index (Phi) is 4.97. The van der Waals surface area contributed by atoms with E-state index in [0.717, 1.165) is 0 Å². The smallest absolute Gasteiger partial charge is 0.167 e. The fourth-order valence-electron chi connectivity index (χ4n) is 1.57. The number of nitrogens with one attached hydrogen (secondary N) is 1. The van der Waals surface area contributed by atoms with Crippen molar-refractivity contribution in [2.45, 2.75) is 12.7 Å². The summed E-state index contributed by atoms with van der Waals surface area (Å²) in [4.78, 5) is 0. The number of ether oxygens (including phenoxy) is 1. The van der Waals surface area contributed by atoms with Crippen LogP contribution in [0.25, 0.3) is 0 Å². The SMILES string of the molecule is OCC(O)CNc1ccc(OCc2ccco2)c(F)c1. The molecule has 1 aromatic heterocycles. The molecule has 2 rings (SSSR count). The summed E-state index contributed by atoms with van der Waals surface area (Å²) < 4.78 is 24.2. The fraction of sp³-hybridized carbons (Fsp3) is 0.286. The van der Waals surface area contributed by atoms with Crippen LogP contribution in [-0.4, -0.2) is 29.5 Å². The third kappa shape index (κ3) is 3.97. The number of benzene rings is 1. The van der Waals surface area contributed by atoms with E-state index < -0.39 is 11.9 Å². The van der Waals surface area contributed by atoms with Crippen molar-refractivity contribution in [3.05, 3.63) is 48.2 Å². The largest absolute Gasteiger partial charge is 0.483 e. The molecular weight excluding hydrogens is 265 g/mol. The number of rotatable bonds is 7. The number of anilines is 1. The minimum atomic E-state index is -0.882. The highest BCUT2D eigenvalue weighted by atomic mass is 19.1. The number of aliphatic hydroxyl groups is 2. The average Bonchev–Trinajstić information content (AvgIpc) is 2.97. The first kappa shape index (κ1) is 14.4. The topological polar surface area (TPSA) is 74.9 Å². The molecule has 1 unspecified atom stereocenters. The van der Waals surface area contributed by atoms with Gasteiger partial charge in [0.05, 0.1) is 19.0 Å². The van der Waals surface area contributed by atoms with Gasteiger partial charge < -0.3 is 24.7 Å². The molecule has 1 atom stereocenters. The second-order valence-corrected chi connectivity index (χ2v) is 4.23. The maximum absolute atomic E-state index is 13.8. The Morgan fingerprint density at radius 1 is 1.35 bits per heavy atom. The van der Waals surface area contributed by atoms with Crippen molar-refractivity contribution in [3.8, 4) is 5.75 Å². The van der Waals surface area contributed by atoms with Crippen LogP contribution in [0.5, 0.6) is 5.75 Å². The van der Waals surface area contributed by atoms with E-state index in [4.69, 9.17) is 14.3 Å².